The molecule has 2 aromatic carbocycles. The number of fused-ring (bicyclic) bond motifs is 1. The lowest BCUT2D eigenvalue weighted by Crippen LogP contribution is -2.05. The smallest absolute Gasteiger partial charge is 0.125 e. The van der Waals surface area contributed by atoms with Gasteiger partial charge in [-0.15, -0.1) is 0 Å². The Labute approximate surface area is 129 Å². The van der Waals surface area contributed by atoms with Crippen LogP contribution in [0.15, 0.2) is 42.5 Å². The molecule has 3 rings (SSSR count). The summed E-state index contributed by atoms with van der Waals surface area (Å²) in [5.41, 5.74) is 9.37. The van der Waals surface area contributed by atoms with E-state index in [-0.39, 0.29) is 5.82 Å². The Bertz CT molecular complexity index is 775. The van der Waals surface area contributed by atoms with Crippen LogP contribution >= 0.6 is 0 Å². The van der Waals surface area contributed by atoms with Crippen molar-refractivity contribution in [1.29, 1.82) is 0 Å². The van der Waals surface area contributed by atoms with Gasteiger partial charge in [-0.05, 0) is 36.2 Å². The van der Waals surface area contributed by atoms with Crippen molar-refractivity contribution >= 4 is 16.7 Å². The molecule has 0 amide bonds. The van der Waals surface area contributed by atoms with E-state index in [2.05, 4.69) is 16.5 Å². The van der Waals surface area contributed by atoms with Crippen LogP contribution in [0.4, 0.5) is 10.1 Å². The molecule has 0 saturated carbocycles. The van der Waals surface area contributed by atoms with Crippen molar-refractivity contribution < 1.29 is 4.39 Å². The summed E-state index contributed by atoms with van der Waals surface area (Å²) in [5, 5.41) is 0. The van der Waals surface area contributed by atoms with E-state index in [1.54, 1.807) is 0 Å². The molecule has 1 heterocycles. The molecule has 3 aromatic rings. The molecular formula is C18H20FN3. The summed E-state index contributed by atoms with van der Waals surface area (Å²) in [6.45, 7) is 3.07. The predicted octanol–water partition coefficient (Wildman–Crippen LogP) is 4.15. The normalized spacial score (nSPS) is 11.2. The molecule has 0 aliphatic carbocycles. The van der Waals surface area contributed by atoms with Gasteiger partial charge < -0.3 is 10.3 Å². The van der Waals surface area contributed by atoms with Crippen molar-refractivity contribution in [3.63, 3.8) is 0 Å². The summed E-state index contributed by atoms with van der Waals surface area (Å²) in [7, 11) is 0. The number of hydrogen-bond acceptors (Lipinski definition) is 2. The second-order valence-corrected chi connectivity index (χ2v) is 5.58. The van der Waals surface area contributed by atoms with Crippen LogP contribution in [0, 0.1) is 5.82 Å². The molecule has 0 atom stereocenters. The highest BCUT2D eigenvalue weighted by Crippen LogP contribution is 2.21. The number of anilines is 1. The van der Waals surface area contributed by atoms with E-state index in [0.29, 0.717) is 0 Å². The minimum Gasteiger partial charge on any atom is -0.399 e. The van der Waals surface area contributed by atoms with Gasteiger partial charge in [-0.1, -0.05) is 25.5 Å². The molecule has 0 fully saturated rings. The van der Waals surface area contributed by atoms with Gasteiger partial charge in [-0.3, -0.25) is 0 Å². The Balaban J connectivity index is 2.00. The van der Waals surface area contributed by atoms with Crippen LogP contribution in [0.25, 0.3) is 11.0 Å². The summed E-state index contributed by atoms with van der Waals surface area (Å²) in [6.07, 6.45) is 2.92. The number of benzene rings is 2. The van der Waals surface area contributed by atoms with Crippen molar-refractivity contribution in [1.82, 2.24) is 9.55 Å². The molecule has 114 valence electrons. The Hall–Kier alpha value is -2.36. The molecule has 22 heavy (non-hydrogen) atoms. The predicted molar refractivity (Wildman–Crippen MR) is 88.3 cm³/mol. The van der Waals surface area contributed by atoms with Crippen LogP contribution in [0.2, 0.25) is 0 Å². The van der Waals surface area contributed by atoms with E-state index in [1.807, 2.05) is 30.3 Å². The van der Waals surface area contributed by atoms with Crippen molar-refractivity contribution in [2.24, 2.45) is 0 Å². The van der Waals surface area contributed by atoms with Gasteiger partial charge in [0.15, 0.2) is 0 Å². The fraction of sp³-hybridized carbons (Fsp3) is 0.278. The fourth-order valence-corrected chi connectivity index (χ4v) is 2.67. The van der Waals surface area contributed by atoms with E-state index < -0.39 is 0 Å². The zero-order valence-electron chi connectivity index (χ0n) is 12.7. The van der Waals surface area contributed by atoms with Crippen LogP contribution in [0.1, 0.15) is 31.2 Å². The summed E-state index contributed by atoms with van der Waals surface area (Å²) >= 11 is 0. The van der Waals surface area contributed by atoms with Crippen LogP contribution < -0.4 is 5.73 Å². The van der Waals surface area contributed by atoms with Crippen LogP contribution in [0.3, 0.4) is 0 Å². The maximum Gasteiger partial charge on any atom is 0.125 e. The van der Waals surface area contributed by atoms with Crippen molar-refractivity contribution in [3.8, 4) is 0 Å². The van der Waals surface area contributed by atoms with E-state index in [9.17, 15) is 4.39 Å². The molecular weight excluding hydrogens is 277 g/mol. The number of nitrogen functional groups attached to an aromatic ring is 1. The quantitative estimate of drug-likeness (QED) is 0.719. The molecule has 0 aliphatic rings. The summed E-state index contributed by atoms with van der Waals surface area (Å²) in [4.78, 5) is 4.64. The summed E-state index contributed by atoms with van der Waals surface area (Å²) in [6, 6.07) is 12.6. The lowest BCUT2D eigenvalue weighted by molar-refractivity contribution is 0.621. The van der Waals surface area contributed by atoms with Gasteiger partial charge in [-0.25, -0.2) is 9.37 Å². The SMILES string of the molecule is CCCCn1c(Cc2ccc(N)cc2)nc2cc(F)ccc21. The number of hydrogen-bond donors (Lipinski definition) is 1. The molecule has 3 nitrogen and oxygen atoms in total. The number of nitrogens with two attached hydrogens (primary N) is 1. The maximum atomic E-state index is 13.4. The first-order valence-corrected chi connectivity index (χ1v) is 7.66. The number of aryl methyl sites for hydroxylation is 1. The number of rotatable bonds is 5. The lowest BCUT2D eigenvalue weighted by atomic mass is 10.1. The Kier molecular flexibility index (Phi) is 4.09. The first-order chi connectivity index (χ1) is 10.7. The third-order valence-electron chi connectivity index (χ3n) is 3.87. The molecule has 0 aliphatic heterocycles. The van der Waals surface area contributed by atoms with Gasteiger partial charge in [0.05, 0.1) is 11.0 Å². The van der Waals surface area contributed by atoms with Gasteiger partial charge in [0.25, 0.3) is 0 Å². The van der Waals surface area contributed by atoms with Crippen molar-refractivity contribution in [2.75, 3.05) is 5.73 Å². The Morgan fingerprint density at radius 1 is 1.14 bits per heavy atom. The number of imidazole rings is 1. The molecule has 0 radical (unpaired) electrons. The lowest BCUT2D eigenvalue weighted by Gasteiger charge is -2.09. The van der Waals surface area contributed by atoms with Gasteiger partial charge in [0.1, 0.15) is 11.6 Å². The first-order valence-electron chi connectivity index (χ1n) is 7.66. The van der Waals surface area contributed by atoms with E-state index >= 15 is 0 Å². The van der Waals surface area contributed by atoms with Gasteiger partial charge >= 0.3 is 0 Å². The van der Waals surface area contributed by atoms with Crippen LogP contribution in [0.5, 0.6) is 0 Å². The molecule has 1 aromatic heterocycles. The average Bonchev–Trinajstić information content (AvgIpc) is 2.83. The van der Waals surface area contributed by atoms with Gasteiger partial charge in [0.2, 0.25) is 0 Å². The summed E-state index contributed by atoms with van der Waals surface area (Å²) < 4.78 is 15.6. The summed E-state index contributed by atoms with van der Waals surface area (Å²) in [5.74, 6) is 0.727. The Morgan fingerprint density at radius 2 is 1.91 bits per heavy atom. The molecule has 0 bridgehead atoms. The van der Waals surface area contributed by atoms with E-state index in [0.717, 1.165) is 53.9 Å². The third kappa shape index (κ3) is 2.96. The highest BCUT2D eigenvalue weighted by Gasteiger charge is 2.11. The Morgan fingerprint density at radius 3 is 2.64 bits per heavy atom. The number of unbranched alkanes of at least 4 members (excludes halogenated alkanes) is 1. The van der Waals surface area contributed by atoms with E-state index in [4.69, 9.17) is 5.73 Å². The fourth-order valence-electron chi connectivity index (χ4n) is 2.67. The average molecular weight is 297 g/mol. The molecule has 0 saturated heterocycles. The zero-order chi connectivity index (χ0) is 15.5. The molecule has 0 unspecified atom stereocenters. The molecule has 0 spiro atoms. The van der Waals surface area contributed by atoms with Crippen molar-refractivity contribution in [2.45, 2.75) is 32.7 Å². The molecule has 4 heteroatoms. The highest BCUT2D eigenvalue weighted by molar-refractivity contribution is 5.76. The highest BCUT2D eigenvalue weighted by atomic mass is 19.1. The second kappa shape index (κ2) is 6.18. The first kappa shape index (κ1) is 14.6. The van der Waals surface area contributed by atoms with Crippen LogP contribution in [-0.2, 0) is 13.0 Å². The standard InChI is InChI=1S/C18H20FN3/c1-2-3-10-22-17-9-6-14(19)12-16(17)21-18(22)11-13-4-7-15(20)8-5-13/h4-9,12H,2-3,10-11,20H2,1H3. The number of nitrogens with zero attached hydrogens (tertiary/aromatic N) is 2. The van der Waals surface area contributed by atoms with Crippen molar-refractivity contribution in [3.05, 3.63) is 59.7 Å². The maximum absolute atomic E-state index is 13.4. The van der Waals surface area contributed by atoms with Gasteiger partial charge in [-0.2, -0.15) is 0 Å². The monoisotopic (exact) mass is 297 g/mol. The van der Waals surface area contributed by atoms with E-state index in [1.165, 1.54) is 12.1 Å². The zero-order valence-corrected chi connectivity index (χ0v) is 12.7. The second-order valence-electron chi connectivity index (χ2n) is 5.58. The third-order valence-corrected chi connectivity index (χ3v) is 3.87. The number of halogens is 1. The topological polar surface area (TPSA) is 43.8 Å². The van der Waals surface area contributed by atoms with Crippen LogP contribution in [-0.4, -0.2) is 9.55 Å². The largest absolute Gasteiger partial charge is 0.399 e. The molecule has 2 N–H and O–H groups in total. The minimum atomic E-state index is -0.244. The minimum absolute atomic E-state index is 0.244. The van der Waals surface area contributed by atoms with Gasteiger partial charge in [0, 0.05) is 24.7 Å². The number of aromatic nitrogens is 2.